The third-order valence-corrected chi connectivity index (χ3v) is 3.68. The minimum absolute atomic E-state index is 0.226. The SMILES string of the molecule is CCC1CC(Nc2ccccc2OCCC(N)=O)CCO1. The van der Waals surface area contributed by atoms with Crippen LogP contribution in [0.2, 0.25) is 0 Å². The van der Waals surface area contributed by atoms with Crippen molar-refractivity contribution in [3.05, 3.63) is 24.3 Å². The molecule has 2 atom stereocenters. The average Bonchev–Trinajstić information content (AvgIpc) is 2.49. The van der Waals surface area contributed by atoms with E-state index in [1.165, 1.54) is 0 Å². The number of carbonyl (C=O) groups excluding carboxylic acids is 1. The number of benzene rings is 1. The fourth-order valence-corrected chi connectivity index (χ4v) is 2.49. The molecular formula is C16H24N2O3. The molecule has 2 rings (SSSR count). The van der Waals surface area contributed by atoms with Crippen molar-refractivity contribution in [3.8, 4) is 5.75 Å². The van der Waals surface area contributed by atoms with Crippen LogP contribution in [0.3, 0.4) is 0 Å². The Morgan fingerprint density at radius 3 is 3.05 bits per heavy atom. The minimum atomic E-state index is -0.351. The third-order valence-electron chi connectivity index (χ3n) is 3.68. The van der Waals surface area contributed by atoms with Crippen molar-refractivity contribution >= 4 is 11.6 Å². The molecule has 1 aliphatic rings. The van der Waals surface area contributed by atoms with Gasteiger partial charge in [0.1, 0.15) is 5.75 Å². The van der Waals surface area contributed by atoms with Gasteiger partial charge in [0.2, 0.25) is 5.91 Å². The highest BCUT2D eigenvalue weighted by Gasteiger charge is 2.21. The van der Waals surface area contributed by atoms with Gasteiger partial charge in [-0.15, -0.1) is 0 Å². The number of amides is 1. The molecule has 0 spiro atoms. The lowest BCUT2D eigenvalue weighted by Gasteiger charge is -2.30. The topological polar surface area (TPSA) is 73.6 Å². The summed E-state index contributed by atoms with van der Waals surface area (Å²) in [6.45, 7) is 3.24. The summed E-state index contributed by atoms with van der Waals surface area (Å²) in [6.07, 6.45) is 3.59. The van der Waals surface area contributed by atoms with E-state index in [4.69, 9.17) is 15.2 Å². The van der Waals surface area contributed by atoms with Gasteiger partial charge in [0, 0.05) is 12.6 Å². The number of hydrogen-bond acceptors (Lipinski definition) is 4. The Morgan fingerprint density at radius 2 is 2.29 bits per heavy atom. The van der Waals surface area contributed by atoms with Gasteiger partial charge in [0.05, 0.1) is 24.8 Å². The molecule has 1 saturated heterocycles. The van der Waals surface area contributed by atoms with E-state index < -0.39 is 0 Å². The molecule has 0 radical (unpaired) electrons. The first-order valence-electron chi connectivity index (χ1n) is 7.57. The van der Waals surface area contributed by atoms with Crippen molar-refractivity contribution in [2.75, 3.05) is 18.5 Å². The van der Waals surface area contributed by atoms with Crippen LogP contribution in [0.4, 0.5) is 5.69 Å². The Bertz CT molecular complexity index is 465. The van der Waals surface area contributed by atoms with Crippen LogP contribution >= 0.6 is 0 Å². The summed E-state index contributed by atoms with van der Waals surface area (Å²) in [7, 11) is 0. The quantitative estimate of drug-likeness (QED) is 0.809. The first-order chi connectivity index (χ1) is 10.2. The van der Waals surface area contributed by atoms with Gasteiger partial charge in [-0.25, -0.2) is 0 Å². The molecule has 1 heterocycles. The molecule has 0 aromatic heterocycles. The number of primary amides is 1. The number of anilines is 1. The standard InChI is InChI=1S/C16H24N2O3/c1-2-13-11-12(7-9-20-13)18-14-5-3-4-6-15(14)21-10-8-16(17)19/h3-6,12-13,18H,2,7-11H2,1H3,(H2,17,19). The van der Waals surface area contributed by atoms with Crippen molar-refractivity contribution < 1.29 is 14.3 Å². The molecule has 3 N–H and O–H groups in total. The number of para-hydroxylation sites is 2. The molecule has 0 aliphatic carbocycles. The highest BCUT2D eigenvalue weighted by molar-refractivity contribution is 5.73. The second-order valence-electron chi connectivity index (χ2n) is 5.33. The zero-order valence-electron chi connectivity index (χ0n) is 12.5. The van der Waals surface area contributed by atoms with Crippen LogP contribution in [-0.4, -0.2) is 31.3 Å². The maximum atomic E-state index is 10.8. The Morgan fingerprint density at radius 1 is 1.48 bits per heavy atom. The molecule has 116 valence electrons. The van der Waals surface area contributed by atoms with Gasteiger partial charge in [-0.3, -0.25) is 4.79 Å². The van der Waals surface area contributed by atoms with E-state index in [-0.39, 0.29) is 12.3 Å². The van der Waals surface area contributed by atoms with E-state index in [1.54, 1.807) is 0 Å². The summed E-state index contributed by atoms with van der Waals surface area (Å²) in [5, 5.41) is 3.53. The van der Waals surface area contributed by atoms with E-state index in [9.17, 15) is 4.79 Å². The van der Waals surface area contributed by atoms with Crippen LogP contribution in [0.1, 0.15) is 32.6 Å². The highest BCUT2D eigenvalue weighted by Crippen LogP contribution is 2.27. The summed E-state index contributed by atoms with van der Waals surface area (Å²) < 4.78 is 11.3. The Labute approximate surface area is 125 Å². The predicted octanol–water partition coefficient (Wildman–Crippen LogP) is 2.31. The molecule has 0 saturated carbocycles. The predicted molar refractivity (Wildman–Crippen MR) is 82.4 cm³/mol. The van der Waals surface area contributed by atoms with Crippen LogP contribution in [0.25, 0.3) is 0 Å². The maximum Gasteiger partial charge on any atom is 0.220 e. The second-order valence-corrected chi connectivity index (χ2v) is 5.33. The fraction of sp³-hybridized carbons (Fsp3) is 0.562. The van der Waals surface area contributed by atoms with E-state index in [2.05, 4.69) is 12.2 Å². The summed E-state index contributed by atoms with van der Waals surface area (Å²) in [5.74, 6) is 0.411. The van der Waals surface area contributed by atoms with Crippen molar-refractivity contribution in [1.29, 1.82) is 0 Å². The minimum Gasteiger partial charge on any atom is -0.491 e. The van der Waals surface area contributed by atoms with Gasteiger partial charge in [-0.1, -0.05) is 19.1 Å². The lowest BCUT2D eigenvalue weighted by Crippen LogP contribution is -2.33. The second kappa shape index (κ2) is 7.88. The van der Waals surface area contributed by atoms with Gasteiger partial charge < -0.3 is 20.5 Å². The van der Waals surface area contributed by atoms with Crippen LogP contribution in [0.15, 0.2) is 24.3 Å². The number of nitrogens with one attached hydrogen (secondary N) is 1. The number of ether oxygens (including phenoxy) is 2. The van der Waals surface area contributed by atoms with Crippen LogP contribution in [-0.2, 0) is 9.53 Å². The average molecular weight is 292 g/mol. The van der Waals surface area contributed by atoms with Gasteiger partial charge in [-0.05, 0) is 31.4 Å². The van der Waals surface area contributed by atoms with Crippen LogP contribution in [0.5, 0.6) is 5.75 Å². The van der Waals surface area contributed by atoms with Crippen molar-refractivity contribution in [2.45, 2.75) is 44.8 Å². The Hall–Kier alpha value is -1.75. The van der Waals surface area contributed by atoms with Gasteiger partial charge in [0.15, 0.2) is 0 Å². The van der Waals surface area contributed by atoms with Crippen LogP contribution in [0, 0.1) is 0 Å². The van der Waals surface area contributed by atoms with Crippen molar-refractivity contribution in [3.63, 3.8) is 0 Å². The van der Waals surface area contributed by atoms with Crippen molar-refractivity contribution in [1.82, 2.24) is 0 Å². The van der Waals surface area contributed by atoms with Gasteiger partial charge in [0.25, 0.3) is 0 Å². The maximum absolute atomic E-state index is 10.8. The molecule has 1 aliphatic heterocycles. The summed E-state index contributed by atoms with van der Waals surface area (Å²) >= 11 is 0. The van der Waals surface area contributed by atoms with E-state index in [0.29, 0.717) is 18.8 Å². The molecule has 1 aromatic carbocycles. The lowest BCUT2D eigenvalue weighted by molar-refractivity contribution is -0.118. The fourth-order valence-electron chi connectivity index (χ4n) is 2.49. The monoisotopic (exact) mass is 292 g/mol. The lowest BCUT2D eigenvalue weighted by atomic mass is 10.0. The first kappa shape index (κ1) is 15.6. The molecular weight excluding hydrogens is 268 g/mol. The number of rotatable bonds is 7. The summed E-state index contributed by atoms with van der Waals surface area (Å²) in [4.78, 5) is 10.8. The molecule has 5 heteroatoms. The van der Waals surface area contributed by atoms with E-state index >= 15 is 0 Å². The highest BCUT2D eigenvalue weighted by atomic mass is 16.5. The molecule has 0 bridgehead atoms. The van der Waals surface area contributed by atoms with Crippen molar-refractivity contribution in [2.24, 2.45) is 5.73 Å². The molecule has 1 aromatic rings. The number of hydrogen-bond donors (Lipinski definition) is 2. The third kappa shape index (κ3) is 4.93. The Balaban J connectivity index is 1.94. The first-order valence-corrected chi connectivity index (χ1v) is 7.57. The molecule has 21 heavy (non-hydrogen) atoms. The van der Waals surface area contributed by atoms with Crippen LogP contribution < -0.4 is 15.8 Å². The molecule has 1 fully saturated rings. The van der Waals surface area contributed by atoms with Gasteiger partial charge >= 0.3 is 0 Å². The zero-order chi connectivity index (χ0) is 15.1. The zero-order valence-corrected chi connectivity index (χ0v) is 12.5. The number of carbonyl (C=O) groups is 1. The molecule has 1 amide bonds. The smallest absolute Gasteiger partial charge is 0.220 e. The summed E-state index contributed by atoms with van der Waals surface area (Å²) in [6, 6.07) is 8.18. The van der Waals surface area contributed by atoms with Gasteiger partial charge in [-0.2, -0.15) is 0 Å². The van der Waals surface area contributed by atoms with E-state index in [0.717, 1.165) is 37.3 Å². The molecule has 2 unspecified atom stereocenters. The summed E-state index contributed by atoms with van der Waals surface area (Å²) in [5.41, 5.74) is 6.09. The largest absolute Gasteiger partial charge is 0.491 e. The van der Waals surface area contributed by atoms with E-state index in [1.807, 2.05) is 24.3 Å². The molecule has 5 nitrogen and oxygen atoms in total. The normalized spacial score (nSPS) is 21.8. The Kier molecular flexibility index (Phi) is 5.87. The number of nitrogens with two attached hydrogens (primary N) is 1.